The highest BCUT2D eigenvalue weighted by Crippen LogP contribution is 2.25. The highest BCUT2D eigenvalue weighted by atomic mass is 35.5. The number of sulfone groups is 1. The van der Waals surface area contributed by atoms with Crippen LogP contribution in [0.2, 0.25) is 0 Å². The molecule has 0 bridgehead atoms. The largest absolute Gasteiger partial charge is 0.225 e. The van der Waals surface area contributed by atoms with Crippen LogP contribution in [0.15, 0.2) is 40.3 Å². The molecule has 0 aliphatic heterocycles. The fraction of sp³-hybridized carbons (Fsp3) is 0.250. The van der Waals surface area contributed by atoms with Crippen molar-refractivity contribution in [3.63, 3.8) is 0 Å². The van der Waals surface area contributed by atoms with Gasteiger partial charge < -0.3 is 0 Å². The van der Waals surface area contributed by atoms with Crippen molar-refractivity contribution in [2.24, 2.45) is 0 Å². The normalized spacial score (nSPS) is 13.1. The number of hydrogen-bond donors (Lipinski definition) is 0. The summed E-state index contributed by atoms with van der Waals surface area (Å²) in [4.78, 5) is 4.16. The Kier molecular flexibility index (Phi) is 4.04. The van der Waals surface area contributed by atoms with Gasteiger partial charge in [-0.2, -0.15) is 0 Å². The van der Waals surface area contributed by atoms with Gasteiger partial charge >= 0.3 is 0 Å². The third-order valence-electron chi connectivity index (χ3n) is 2.40. The van der Waals surface area contributed by atoms with Crippen LogP contribution in [0.25, 0.3) is 10.2 Å². The molecule has 0 saturated carbocycles. The smallest absolute Gasteiger partial charge is 0.210 e. The molecular weight excluding hydrogens is 290 g/mol. The van der Waals surface area contributed by atoms with Crippen molar-refractivity contribution < 1.29 is 8.42 Å². The molecular formula is C12H12ClNO2S2. The van der Waals surface area contributed by atoms with Crippen LogP contribution in [0.4, 0.5) is 0 Å². The molecule has 96 valence electrons. The molecule has 0 radical (unpaired) electrons. The van der Waals surface area contributed by atoms with Crippen molar-refractivity contribution in [2.45, 2.75) is 11.3 Å². The first-order valence-corrected chi connectivity index (χ1v) is 8.33. The summed E-state index contributed by atoms with van der Waals surface area (Å²) < 4.78 is 25.2. The number of aromatic nitrogens is 1. The summed E-state index contributed by atoms with van der Waals surface area (Å²) in [6.45, 7) is 1.81. The van der Waals surface area contributed by atoms with Crippen LogP contribution >= 0.6 is 22.9 Å². The Balaban J connectivity index is 2.35. The lowest BCUT2D eigenvalue weighted by Gasteiger charge is -1.96. The van der Waals surface area contributed by atoms with E-state index in [0.29, 0.717) is 5.88 Å². The highest BCUT2D eigenvalue weighted by molar-refractivity contribution is 7.93. The average molecular weight is 302 g/mol. The first-order valence-electron chi connectivity index (χ1n) is 5.33. The Morgan fingerprint density at radius 2 is 2.17 bits per heavy atom. The van der Waals surface area contributed by atoms with Crippen molar-refractivity contribution in [1.82, 2.24) is 4.98 Å². The first kappa shape index (κ1) is 13.5. The predicted molar refractivity (Wildman–Crippen MR) is 76.1 cm³/mol. The number of thiazole rings is 1. The van der Waals surface area contributed by atoms with E-state index < -0.39 is 9.84 Å². The topological polar surface area (TPSA) is 47.0 Å². The number of hydrogen-bond acceptors (Lipinski definition) is 4. The number of alkyl halides is 1. The van der Waals surface area contributed by atoms with Crippen LogP contribution in [0.5, 0.6) is 0 Å². The van der Waals surface area contributed by atoms with E-state index in [4.69, 9.17) is 11.6 Å². The molecule has 0 amide bonds. The number of allylic oxidation sites excluding steroid dienone is 1. The lowest BCUT2D eigenvalue weighted by atomic mass is 10.3. The average Bonchev–Trinajstić information content (AvgIpc) is 2.80. The summed E-state index contributed by atoms with van der Waals surface area (Å²) in [5.41, 5.74) is 1.57. The fourth-order valence-electron chi connectivity index (χ4n) is 1.36. The number of rotatable bonds is 4. The zero-order valence-corrected chi connectivity index (χ0v) is 12.1. The zero-order chi connectivity index (χ0) is 13.2. The summed E-state index contributed by atoms with van der Waals surface area (Å²) in [6.07, 6.45) is 1.63. The molecule has 0 spiro atoms. The van der Waals surface area contributed by atoms with Gasteiger partial charge in [-0.3, -0.25) is 0 Å². The maximum Gasteiger partial charge on any atom is 0.210 e. The van der Waals surface area contributed by atoms with Gasteiger partial charge in [-0.1, -0.05) is 23.8 Å². The summed E-state index contributed by atoms with van der Waals surface area (Å²) in [5.74, 6) is 0.292. The summed E-state index contributed by atoms with van der Waals surface area (Å²) in [7, 11) is -3.35. The summed E-state index contributed by atoms with van der Waals surface area (Å²) in [5, 5.41) is 0. The van der Waals surface area contributed by atoms with Crippen molar-refractivity contribution in [2.75, 3.05) is 11.6 Å². The molecule has 0 aliphatic carbocycles. The summed E-state index contributed by atoms with van der Waals surface area (Å²) in [6, 6.07) is 7.39. The van der Waals surface area contributed by atoms with E-state index in [9.17, 15) is 8.42 Å². The third-order valence-corrected chi connectivity index (χ3v) is 5.90. The standard InChI is InChI=1S/C12H12ClNO2S2/c1-9(8-13)6-7-18(15,16)12-14-10-4-2-3-5-11(10)17-12/h2-6H,7-8H2,1H3/b9-6+. The Morgan fingerprint density at radius 1 is 1.44 bits per heavy atom. The molecule has 6 heteroatoms. The van der Waals surface area contributed by atoms with Gasteiger partial charge in [0.05, 0.1) is 16.0 Å². The fourth-order valence-corrected chi connectivity index (χ4v) is 4.03. The molecule has 1 aromatic carbocycles. The van der Waals surface area contributed by atoms with Gasteiger partial charge in [0.2, 0.25) is 14.2 Å². The van der Waals surface area contributed by atoms with Crippen molar-refractivity contribution >= 4 is 43.0 Å². The van der Waals surface area contributed by atoms with Crippen LogP contribution in [0.1, 0.15) is 6.92 Å². The van der Waals surface area contributed by atoms with Crippen LogP contribution in [-0.2, 0) is 9.84 Å². The van der Waals surface area contributed by atoms with Gasteiger partial charge in [0.1, 0.15) is 0 Å². The number of halogens is 1. The second kappa shape index (κ2) is 5.38. The molecule has 18 heavy (non-hydrogen) atoms. The van der Waals surface area contributed by atoms with E-state index in [2.05, 4.69) is 4.98 Å². The number of fused-ring (bicyclic) bond motifs is 1. The van der Waals surface area contributed by atoms with E-state index in [1.54, 1.807) is 13.0 Å². The highest BCUT2D eigenvalue weighted by Gasteiger charge is 2.18. The molecule has 2 aromatic rings. The van der Waals surface area contributed by atoms with Crippen molar-refractivity contribution in [3.8, 4) is 0 Å². The zero-order valence-electron chi connectivity index (χ0n) is 9.76. The van der Waals surface area contributed by atoms with Crippen molar-refractivity contribution in [3.05, 3.63) is 35.9 Å². The molecule has 3 nitrogen and oxygen atoms in total. The molecule has 0 N–H and O–H groups in total. The Hall–Kier alpha value is -0.910. The van der Waals surface area contributed by atoms with Crippen LogP contribution in [-0.4, -0.2) is 25.0 Å². The van der Waals surface area contributed by atoms with Crippen LogP contribution < -0.4 is 0 Å². The third kappa shape index (κ3) is 2.91. The molecule has 0 atom stereocenters. The second-order valence-electron chi connectivity index (χ2n) is 3.91. The first-order chi connectivity index (χ1) is 8.53. The molecule has 0 fully saturated rings. The quantitative estimate of drug-likeness (QED) is 0.643. The summed E-state index contributed by atoms with van der Waals surface area (Å²) >= 11 is 6.82. The van der Waals surface area contributed by atoms with Gasteiger partial charge in [-0.05, 0) is 19.1 Å². The molecule has 1 heterocycles. The molecule has 0 unspecified atom stereocenters. The van der Waals surface area contributed by atoms with Gasteiger partial charge in [-0.25, -0.2) is 13.4 Å². The Labute approximate surface area is 115 Å². The molecule has 0 aliphatic rings. The number of benzene rings is 1. The Morgan fingerprint density at radius 3 is 2.83 bits per heavy atom. The minimum absolute atomic E-state index is 0.0502. The van der Waals surface area contributed by atoms with E-state index >= 15 is 0 Å². The lowest BCUT2D eigenvalue weighted by Crippen LogP contribution is -2.04. The van der Waals surface area contributed by atoms with E-state index in [0.717, 1.165) is 15.8 Å². The minimum Gasteiger partial charge on any atom is -0.225 e. The van der Waals surface area contributed by atoms with Crippen LogP contribution in [0.3, 0.4) is 0 Å². The number of para-hydroxylation sites is 1. The monoisotopic (exact) mass is 301 g/mol. The van der Waals surface area contributed by atoms with Gasteiger partial charge in [0.15, 0.2) is 0 Å². The number of nitrogens with zero attached hydrogens (tertiary/aromatic N) is 1. The van der Waals surface area contributed by atoms with E-state index in [1.807, 2.05) is 24.3 Å². The maximum absolute atomic E-state index is 12.1. The van der Waals surface area contributed by atoms with Gasteiger partial charge in [0, 0.05) is 5.88 Å². The second-order valence-corrected chi connectivity index (χ2v) is 7.42. The van der Waals surface area contributed by atoms with Crippen molar-refractivity contribution in [1.29, 1.82) is 0 Å². The minimum atomic E-state index is -3.35. The van der Waals surface area contributed by atoms with Crippen LogP contribution in [0, 0.1) is 0 Å². The predicted octanol–water partition coefficient (Wildman–Crippen LogP) is 3.26. The van der Waals surface area contributed by atoms with E-state index in [-0.39, 0.29) is 10.1 Å². The SMILES string of the molecule is C/C(=C\CS(=O)(=O)c1nc2ccccc2s1)CCl. The maximum atomic E-state index is 12.1. The van der Waals surface area contributed by atoms with Gasteiger partial charge in [-0.15, -0.1) is 22.9 Å². The van der Waals surface area contributed by atoms with Gasteiger partial charge in [0.25, 0.3) is 0 Å². The molecule has 1 aromatic heterocycles. The molecule has 2 rings (SSSR count). The molecule has 0 saturated heterocycles. The van der Waals surface area contributed by atoms with E-state index in [1.165, 1.54) is 11.3 Å². The Bertz CT molecular complexity index is 656. The lowest BCUT2D eigenvalue weighted by molar-refractivity contribution is 0.598.